The molecule has 0 spiro atoms. The van der Waals surface area contributed by atoms with Gasteiger partial charge in [0, 0.05) is 11.4 Å². The topological polar surface area (TPSA) is 37.4 Å². The van der Waals surface area contributed by atoms with Crippen LogP contribution >= 0.6 is 11.3 Å². The van der Waals surface area contributed by atoms with E-state index in [4.69, 9.17) is 0 Å². The van der Waals surface area contributed by atoms with Gasteiger partial charge in [0.05, 0.1) is 11.8 Å². The lowest BCUT2D eigenvalue weighted by atomic mass is 9.98. The number of hydrogen-bond acceptors (Lipinski definition) is 3. The molecule has 100 valence electrons. The molecule has 2 heterocycles. The Hall–Kier alpha value is -0.390. The smallest absolute Gasteiger partial charge is 0.212 e. The number of fused-ring (bicyclic) bond motifs is 1. The molecule has 1 unspecified atom stereocenters. The highest BCUT2D eigenvalue weighted by molar-refractivity contribution is 7.89. The summed E-state index contributed by atoms with van der Waals surface area (Å²) in [5.74, 6) is 0.848. The molecule has 0 saturated heterocycles. The van der Waals surface area contributed by atoms with E-state index in [1.807, 2.05) is 6.92 Å². The minimum atomic E-state index is -3.07. The summed E-state index contributed by atoms with van der Waals surface area (Å²) < 4.78 is 26.6. The summed E-state index contributed by atoms with van der Waals surface area (Å²) in [6, 6.07) is 2.27. The molecule has 1 aromatic rings. The van der Waals surface area contributed by atoms with E-state index in [9.17, 15) is 8.42 Å². The van der Waals surface area contributed by atoms with Crippen LogP contribution in [0.3, 0.4) is 0 Å². The fourth-order valence-corrected chi connectivity index (χ4v) is 5.58. The zero-order valence-corrected chi connectivity index (χ0v) is 12.3. The molecule has 18 heavy (non-hydrogen) atoms. The largest absolute Gasteiger partial charge is 0.214 e. The van der Waals surface area contributed by atoms with E-state index >= 15 is 0 Å². The van der Waals surface area contributed by atoms with Crippen molar-refractivity contribution in [1.29, 1.82) is 0 Å². The van der Waals surface area contributed by atoms with E-state index in [1.54, 1.807) is 15.6 Å². The van der Waals surface area contributed by atoms with Gasteiger partial charge in [-0.05, 0) is 48.6 Å². The first kappa shape index (κ1) is 12.6. The predicted molar refractivity (Wildman–Crippen MR) is 74.3 cm³/mol. The molecule has 3 rings (SSSR count). The summed E-state index contributed by atoms with van der Waals surface area (Å²) in [6.45, 7) is 2.61. The van der Waals surface area contributed by atoms with Gasteiger partial charge in [0.25, 0.3) is 0 Å². The Labute approximate surface area is 113 Å². The molecule has 1 aliphatic carbocycles. The first-order valence-electron chi connectivity index (χ1n) is 6.69. The van der Waals surface area contributed by atoms with Crippen LogP contribution in [0.25, 0.3) is 0 Å². The quantitative estimate of drug-likeness (QED) is 0.853. The minimum absolute atomic E-state index is 0.136. The van der Waals surface area contributed by atoms with Gasteiger partial charge in [-0.25, -0.2) is 8.42 Å². The third kappa shape index (κ3) is 2.12. The molecule has 0 bridgehead atoms. The molecule has 1 aromatic heterocycles. The molecule has 3 nitrogen and oxygen atoms in total. The van der Waals surface area contributed by atoms with Crippen molar-refractivity contribution < 1.29 is 8.42 Å². The van der Waals surface area contributed by atoms with Gasteiger partial charge >= 0.3 is 0 Å². The Balaban J connectivity index is 1.96. The lowest BCUT2D eigenvalue weighted by molar-refractivity contribution is 0.283. The van der Waals surface area contributed by atoms with Crippen molar-refractivity contribution in [2.75, 3.05) is 12.3 Å². The number of hydrogen-bond donors (Lipinski definition) is 0. The monoisotopic (exact) mass is 285 g/mol. The average molecular weight is 285 g/mol. The van der Waals surface area contributed by atoms with Gasteiger partial charge < -0.3 is 0 Å². The molecule has 0 amide bonds. The van der Waals surface area contributed by atoms with E-state index in [1.165, 1.54) is 23.3 Å². The van der Waals surface area contributed by atoms with Crippen molar-refractivity contribution in [3.8, 4) is 0 Å². The van der Waals surface area contributed by atoms with Gasteiger partial charge in [-0.1, -0.05) is 6.92 Å². The Morgan fingerprint density at radius 3 is 2.89 bits per heavy atom. The third-order valence-corrected chi connectivity index (χ3v) is 6.90. The van der Waals surface area contributed by atoms with Crippen molar-refractivity contribution >= 4 is 21.4 Å². The van der Waals surface area contributed by atoms with Gasteiger partial charge in [-0.3, -0.25) is 0 Å². The van der Waals surface area contributed by atoms with Gasteiger partial charge in [0.15, 0.2) is 0 Å². The lowest BCUT2D eigenvalue weighted by Crippen LogP contribution is -2.41. The normalized spacial score (nSPS) is 25.1. The maximum atomic E-state index is 12.4. The van der Waals surface area contributed by atoms with Crippen LogP contribution in [0.15, 0.2) is 11.4 Å². The number of thiophene rings is 1. The fraction of sp³-hybridized carbons (Fsp3) is 0.692. The van der Waals surface area contributed by atoms with Gasteiger partial charge in [0.1, 0.15) is 0 Å². The molecule has 1 aliphatic heterocycles. The molecular formula is C13H19NO2S2. The van der Waals surface area contributed by atoms with Crippen LogP contribution in [0.5, 0.6) is 0 Å². The van der Waals surface area contributed by atoms with Gasteiger partial charge in [-0.2, -0.15) is 4.31 Å². The van der Waals surface area contributed by atoms with Crippen molar-refractivity contribution in [2.45, 2.75) is 38.6 Å². The second-order valence-electron chi connectivity index (χ2n) is 5.26. The summed E-state index contributed by atoms with van der Waals surface area (Å²) in [6.07, 6.45) is 3.95. The molecule has 0 aromatic carbocycles. The minimum Gasteiger partial charge on any atom is -0.212 e. The SMILES string of the molecule is CCCS(=O)(=O)N1CCc2sccc2C1C1CC1. The Morgan fingerprint density at radius 1 is 1.44 bits per heavy atom. The number of nitrogens with zero attached hydrogens (tertiary/aromatic N) is 1. The van der Waals surface area contributed by atoms with E-state index in [0.717, 1.165) is 6.42 Å². The molecular weight excluding hydrogens is 266 g/mol. The molecule has 5 heteroatoms. The van der Waals surface area contributed by atoms with Crippen molar-refractivity contribution in [1.82, 2.24) is 4.31 Å². The van der Waals surface area contributed by atoms with Crippen LogP contribution in [-0.2, 0) is 16.4 Å². The first-order valence-corrected chi connectivity index (χ1v) is 9.18. The van der Waals surface area contributed by atoms with E-state index in [0.29, 0.717) is 18.9 Å². The molecule has 0 N–H and O–H groups in total. The van der Waals surface area contributed by atoms with Gasteiger partial charge in [0.2, 0.25) is 10.0 Å². The second-order valence-corrected chi connectivity index (χ2v) is 8.30. The Bertz CT molecular complexity index is 531. The summed E-state index contributed by atoms with van der Waals surface area (Å²) >= 11 is 1.78. The summed E-state index contributed by atoms with van der Waals surface area (Å²) in [7, 11) is -3.07. The van der Waals surface area contributed by atoms with Crippen LogP contribution in [0.2, 0.25) is 0 Å². The lowest BCUT2D eigenvalue weighted by Gasteiger charge is -2.35. The van der Waals surface area contributed by atoms with Crippen LogP contribution in [0.4, 0.5) is 0 Å². The van der Waals surface area contributed by atoms with E-state index in [-0.39, 0.29) is 11.8 Å². The molecule has 2 aliphatic rings. The number of sulfonamides is 1. The molecule has 1 atom stereocenters. The highest BCUT2D eigenvalue weighted by atomic mass is 32.2. The molecule has 1 saturated carbocycles. The number of rotatable bonds is 4. The zero-order valence-electron chi connectivity index (χ0n) is 10.6. The Morgan fingerprint density at radius 2 is 2.22 bits per heavy atom. The first-order chi connectivity index (χ1) is 8.63. The summed E-state index contributed by atoms with van der Waals surface area (Å²) in [4.78, 5) is 1.40. The maximum Gasteiger partial charge on any atom is 0.214 e. The highest BCUT2D eigenvalue weighted by Crippen LogP contribution is 2.49. The van der Waals surface area contributed by atoms with E-state index < -0.39 is 10.0 Å². The zero-order chi connectivity index (χ0) is 12.8. The maximum absolute atomic E-state index is 12.4. The van der Waals surface area contributed by atoms with Crippen molar-refractivity contribution in [2.24, 2.45) is 5.92 Å². The molecule has 0 radical (unpaired) electrons. The van der Waals surface area contributed by atoms with Crippen LogP contribution in [-0.4, -0.2) is 25.0 Å². The highest BCUT2D eigenvalue weighted by Gasteiger charge is 2.44. The van der Waals surface area contributed by atoms with Crippen LogP contribution in [0, 0.1) is 5.92 Å². The van der Waals surface area contributed by atoms with Gasteiger partial charge in [-0.15, -0.1) is 11.3 Å². The fourth-order valence-electron chi connectivity index (χ4n) is 2.91. The standard InChI is InChI=1S/C13H19NO2S2/c1-2-9-18(15,16)14-7-5-12-11(6-8-17-12)13(14)10-3-4-10/h6,8,10,13H,2-5,7,9H2,1H3. The summed E-state index contributed by atoms with van der Waals surface area (Å²) in [5.41, 5.74) is 1.29. The summed E-state index contributed by atoms with van der Waals surface area (Å²) in [5, 5.41) is 2.11. The average Bonchev–Trinajstić information content (AvgIpc) is 3.04. The Kier molecular flexibility index (Phi) is 3.24. The van der Waals surface area contributed by atoms with Crippen molar-refractivity contribution in [3.63, 3.8) is 0 Å². The predicted octanol–water partition coefficient (Wildman–Crippen LogP) is 2.80. The van der Waals surface area contributed by atoms with Crippen molar-refractivity contribution in [3.05, 3.63) is 21.9 Å². The van der Waals surface area contributed by atoms with E-state index in [2.05, 4.69) is 11.4 Å². The second kappa shape index (κ2) is 4.62. The third-order valence-electron chi connectivity index (χ3n) is 3.86. The molecule has 1 fully saturated rings. The van der Waals surface area contributed by atoms with Crippen LogP contribution < -0.4 is 0 Å². The van der Waals surface area contributed by atoms with Crippen LogP contribution in [0.1, 0.15) is 42.7 Å².